The normalized spacial score (nSPS) is 10.9. The summed E-state index contributed by atoms with van der Waals surface area (Å²) >= 11 is 0. The van der Waals surface area contributed by atoms with E-state index in [1.165, 1.54) is 17.1 Å². The van der Waals surface area contributed by atoms with Gasteiger partial charge in [-0.1, -0.05) is 0 Å². The minimum absolute atomic E-state index is 0.173. The number of nitrogen functional groups attached to an aromatic ring is 1. The Kier molecular flexibility index (Phi) is 2.63. The van der Waals surface area contributed by atoms with Crippen molar-refractivity contribution in [2.24, 2.45) is 5.14 Å². The van der Waals surface area contributed by atoms with Gasteiger partial charge in [0, 0.05) is 12.4 Å². The Bertz CT molecular complexity index is 456. The molecule has 1 heterocycles. The summed E-state index contributed by atoms with van der Waals surface area (Å²) in [4.78, 5) is 18.2. The molecule has 0 saturated carbocycles. The van der Waals surface area contributed by atoms with Crippen molar-refractivity contribution < 1.29 is 13.2 Å². The third-order valence-corrected chi connectivity index (χ3v) is 1.65. The lowest BCUT2D eigenvalue weighted by Crippen LogP contribution is -2.36. The molecule has 0 aliphatic rings. The minimum atomic E-state index is -4.11. The van der Waals surface area contributed by atoms with Gasteiger partial charge in [-0.05, 0) is 0 Å². The zero-order valence-electron chi connectivity index (χ0n) is 6.84. The number of nitrogens with one attached hydrogen (secondary N) is 1. The first-order chi connectivity index (χ1) is 6.40. The van der Waals surface area contributed by atoms with Gasteiger partial charge in [0.05, 0.1) is 0 Å². The van der Waals surface area contributed by atoms with Gasteiger partial charge >= 0.3 is 0 Å². The molecule has 1 aromatic heterocycles. The SMILES string of the molecule is Nc1nccnc1C(=O)NS(N)(=O)=O. The first-order valence-electron chi connectivity index (χ1n) is 3.31. The van der Waals surface area contributed by atoms with E-state index >= 15 is 0 Å². The quantitative estimate of drug-likeness (QED) is 0.522. The number of hydrogen-bond donors (Lipinski definition) is 3. The Balaban J connectivity index is 2.97. The largest absolute Gasteiger partial charge is 0.382 e. The number of carbonyl (C=O) groups excluding carboxylic acids is 1. The molecule has 1 amide bonds. The summed E-state index contributed by atoms with van der Waals surface area (Å²) in [5, 5.41) is 4.58. The molecule has 1 aromatic rings. The van der Waals surface area contributed by atoms with E-state index in [4.69, 9.17) is 5.73 Å². The molecule has 5 N–H and O–H groups in total. The van der Waals surface area contributed by atoms with Crippen LogP contribution in [-0.4, -0.2) is 24.3 Å². The zero-order valence-corrected chi connectivity index (χ0v) is 7.65. The molecule has 14 heavy (non-hydrogen) atoms. The van der Waals surface area contributed by atoms with Crippen LogP contribution in [0.1, 0.15) is 10.5 Å². The molecule has 76 valence electrons. The van der Waals surface area contributed by atoms with Gasteiger partial charge in [-0.2, -0.15) is 8.42 Å². The second kappa shape index (κ2) is 3.55. The number of hydrogen-bond acceptors (Lipinski definition) is 6. The highest BCUT2D eigenvalue weighted by Gasteiger charge is 2.15. The topological polar surface area (TPSA) is 141 Å². The van der Waals surface area contributed by atoms with Gasteiger partial charge in [-0.25, -0.2) is 19.8 Å². The summed E-state index contributed by atoms with van der Waals surface area (Å²) in [6.45, 7) is 0. The van der Waals surface area contributed by atoms with Crippen molar-refractivity contribution in [2.45, 2.75) is 0 Å². The van der Waals surface area contributed by atoms with Crippen LogP contribution in [0.2, 0.25) is 0 Å². The molecule has 0 radical (unpaired) electrons. The summed E-state index contributed by atoms with van der Waals surface area (Å²) in [6.07, 6.45) is 2.47. The fourth-order valence-electron chi connectivity index (χ4n) is 0.701. The van der Waals surface area contributed by atoms with Crippen molar-refractivity contribution >= 4 is 21.9 Å². The number of nitrogens with two attached hydrogens (primary N) is 2. The maximum absolute atomic E-state index is 11.1. The Labute approximate surface area is 79.5 Å². The maximum Gasteiger partial charge on any atom is 0.299 e. The molecule has 0 bridgehead atoms. The van der Waals surface area contributed by atoms with E-state index in [0.717, 1.165) is 0 Å². The van der Waals surface area contributed by atoms with Crippen LogP contribution in [0, 0.1) is 0 Å². The van der Waals surface area contributed by atoms with E-state index in [9.17, 15) is 13.2 Å². The van der Waals surface area contributed by atoms with E-state index in [1.54, 1.807) is 0 Å². The average molecular weight is 217 g/mol. The highest BCUT2D eigenvalue weighted by molar-refractivity contribution is 7.87. The van der Waals surface area contributed by atoms with Crippen LogP contribution in [0.5, 0.6) is 0 Å². The van der Waals surface area contributed by atoms with Crippen LogP contribution in [0.3, 0.4) is 0 Å². The maximum atomic E-state index is 11.1. The standard InChI is InChI=1S/C5H7N5O3S/c6-4-3(8-1-2-9-4)5(11)10-14(7,12)13/h1-2H,(H2,6,9)(H,10,11)(H2,7,12,13). The van der Waals surface area contributed by atoms with Gasteiger partial charge in [-0.15, -0.1) is 0 Å². The summed E-state index contributed by atoms with van der Waals surface area (Å²) in [5.41, 5.74) is 4.98. The highest BCUT2D eigenvalue weighted by Crippen LogP contribution is 2.01. The number of rotatable bonds is 2. The molecule has 0 unspecified atom stereocenters. The van der Waals surface area contributed by atoms with E-state index in [0.29, 0.717) is 0 Å². The van der Waals surface area contributed by atoms with Crippen molar-refractivity contribution in [1.82, 2.24) is 14.7 Å². The molecular weight excluding hydrogens is 210 g/mol. The average Bonchev–Trinajstić information content (AvgIpc) is 2.01. The van der Waals surface area contributed by atoms with Crippen LogP contribution in [0.25, 0.3) is 0 Å². The van der Waals surface area contributed by atoms with Gasteiger partial charge in [0.2, 0.25) is 0 Å². The fourth-order valence-corrected chi connectivity index (χ4v) is 1.06. The number of nitrogens with zero attached hydrogens (tertiary/aromatic N) is 2. The van der Waals surface area contributed by atoms with Gasteiger partial charge in [0.1, 0.15) is 0 Å². The molecule has 9 heteroatoms. The second-order valence-corrected chi connectivity index (χ2v) is 3.56. The zero-order chi connectivity index (χ0) is 10.8. The molecule has 0 fully saturated rings. The Morgan fingerprint density at radius 3 is 2.43 bits per heavy atom. The predicted octanol–water partition coefficient (Wildman–Crippen LogP) is -2.01. The van der Waals surface area contributed by atoms with Crippen molar-refractivity contribution in [3.63, 3.8) is 0 Å². The Hall–Kier alpha value is -1.74. The Morgan fingerprint density at radius 1 is 1.36 bits per heavy atom. The molecule has 8 nitrogen and oxygen atoms in total. The molecular formula is C5H7N5O3S. The summed E-state index contributed by atoms with van der Waals surface area (Å²) in [6, 6.07) is 0. The number of carbonyl (C=O) groups is 1. The summed E-state index contributed by atoms with van der Waals surface area (Å²) in [5.74, 6) is -1.19. The number of aromatic nitrogens is 2. The number of anilines is 1. The molecule has 0 saturated heterocycles. The van der Waals surface area contributed by atoms with Gasteiger partial charge in [0.25, 0.3) is 16.1 Å². The highest BCUT2D eigenvalue weighted by atomic mass is 32.2. The van der Waals surface area contributed by atoms with Gasteiger partial charge < -0.3 is 5.73 Å². The van der Waals surface area contributed by atoms with E-state index in [-0.39, 0.29) is 11.5 Å². The summed E-state index contributed by atoms with van der Waals surface area (Å²) in [7, 11) is -4.11. The first kappa shape index (κ1) is 10.3. The number of amides is 1. The molecule has 0 atom stereocenters. The third-order valence-electron chi connectivity index (χ3n) is 1.18. The summed E-state index contributed by atoms with van der Waals surface area (Å²) < 4.78 is 22.5. The smallest absolute Gasteiger partial charge is 0.299 e. The third kappa shape index (κ3) is 2.64. The van der Waals surface area contributed by atoms with Crippen LogP contribution in [0.4, 0.5) is 5.82 Å². The van der Waals surface area contributed by atoms with E-state index < -0.39 is 16.1 Å². The van der Waals surface area contributed by atoms with Crippen molar-refractivity contribution in [2.75, 3.05) is 5.73 Å². The molecule has 1 rings (SSSR count). The molecule has 0 aliphatic carbocycles. The van der Waals surface area contributed by atoms with Crippen molar-refractivity contribution in [3.05, 3.63) is 18.1 Å². The van der Waals surface area contributed by atoms with Crippen molar-refractivity contribution in [3.8, 4) is 0 Å². The lowest BCUT2D eigenvalue weighted by atomic mass is 10.4. The minimum Gasteiger partial charge on any atom is -0.382 e. The van der Waals surface area contributed by atoms with E-state index in [1.807, 2.05) is 0 Å². The lowest BCUT2D eigenvalue weighted by molar-refractivity contribution is 0.0977. The van der Waals surface area contributed by atoms with Crippen molar-refractivity contribution in [1.29, 1.82) is 0 Å². The van der Waals surface area contributed by atoms with Crippen LogP contribution in [-0.2, 0) is 10.2 Å². The second-order valence-electron chi connectivity index (χ2n) is 2.27. The Morgan fingerprint density at radius 2 is 1.93 bits per heavy atom. The van der Waals surface area contributed by atoms with Crippen LogP contribution >= 0.6 is 0 Å². The van der Waals surface area contributed by atoms with Gasteiger partial charge in [0.15, 0.2) is 11.5 Å². The molecule has 0 spiro atoms. The van der Waals surface area contributed by atoms with Crippen LogP contribution < -0.4 is 15.6 Å². The molecule has 0 aromatic carbocycles. The van der Waals surface area contributed by atoms with Crippen LogP contribution in [0.15, 0.2) is 12.4 Å². The fraction of sp³-hybridized carbons (Fsp3) is 0. The van der Waals surface area contributed by atoms with E-state index in [2.05, 4.69) is 15.1 Å². The van der Waals surface area contributed by atoms with Gasteiger partial charge in [-0.3, -0.25) is 4.79 Å². The molecule has 0 aliphatic heterocycles. The first-order valence-corrected chi connectivity index (χ1v) is 4.86. The monoisotopic (exact) mass is 217 g/mol. The predicted molar refractivity (Wildman–Crippen MR) is 47.0 cm³/mol. The lowest BCUT2D eigenvalue weighted by Gasteiger charge is -2.02.